The summed E-state index contributed by atoms with van der Waals surface area (Å²) in [5, 5.41) is 0.0830. The number of furan rings is 1. The third-order valence-corrected chi connectivity index (χ3v) is 4.90. The first kappa shape index (κ1) is 13.9. The predicted molar refractivity (Wildman–Crippen MR) is 78.0 cm³/mol. The van der Waals surface area contributed by atoms with Crippen molar-refractivity contribution in [1.29, 1.82) is 0 Å². The molecule has 5 heteroatoms. The van der Waals surface area contributed by atoms with E-state index in [4.69, 9.17) is 4.42 Å². The van der Waals surface area contributed by atoms with Gasteiger partial charge in [0.2, 0.25) is 5.91 Å². The van der Waals surface area contributed by atoms with Gasteiger partial charge in [0, 0.05) is 13.0 Å². The van der Waals surface area contributed by atoms with Crippen molar-refractivity contribution in [2.75, 3.05) is 24.3 Å². The summed E-state index contributed by atoms with van der Waals surface area (Å²) in [5.41, 5.74) is 0. The van der Waals surface area contributed by atoms with E-state index in [-0.39, 0.29) is 11.3 Å². The molecule has 2 heterocycles. The molecule has 0 bridgehead atoms. The van der Waals surface area contributed by atoms with Crippen molar-refractivity contribution in [3.05, 3.63) is 23.7 Å². The third-order valence-electron chi connectivity index (χ3n) is 2.99. The molecule has 1 aliphatic heterocycles. The summed E-state index contributed by atoms with van der Waals surface area (Å²) >= 11 is 3.49. The van der Waals surface area contributed by atoms with Gasteiger partial charge in [0.1, 0.15) is 16.9 Å². The van der Waals surface area contributed by atoms with Crippen molar-refractivity contribution in [3.63, 3.8) is 0 Å². The zero-order valence-corrected chi connectivity index (χ0v) is 12.5. The minimum Gasteiger partial charge on any atom is -0.463 e. The quantitative estimate of drug-likeness (QED) is 0.752. The van der Waals surface area contributed by atoms with Crippen LogP contribution in [-0.4, -0.2) is 35.1 Å². The number of amides is 1. The van der Waals surface area contributed by atoms with Gasteiger partial charge in [-0.2, -0.15) is 11.8 Å². The lowest BCUT2D eigenvalue weighted by Crippen LogP contribution is -2.29. The first-order valence-corrected chi connectivity index (χ1v) is 8.69. The van der Waals surface area contributed by atoms with Crippen LogP contribution in [0, 0.1) is 0 Å². The van der Waals surface area contributed by atoms with E-state index in [1.165, 1.54) is 0 Å². The maximum Gasteiger partial charge on any atom is 0.233 e. The van der Waals surface area contributed by atoms with E-state index in [0.29, 0.717) is 5.75 Å². The monoisotopic (exact) mass is 285 g/mol. The molecule has 2 rings (SSSR count). The summed E-state index contributed by atoms with van der Waals surface area (Å²) in [7, 11) is 0. The first-order chi connectivity index (χ1) is 8.76. The van der Waals surface area contributed by atoms with Gasteiger partial charge in [0.05, 0.1) is 5.75 Å². The Balaban J connectivity index is 2.03. The van der Waals surface area contributed by atoms with Crippen LogP contribution in [0.4, 0.5) is 0 Å². The minimum absolute atomic E-state index is 0.0830. The van der Waals surface area contributed by atoms with Gasteiger partial charge in [-0.3, -0.25) is 4.79 Å². The SMILES string of the molecule is CCc1ccc(C2SCC(=O)N2CCCSC)o1. The molecule has 0 spiro atoms. The highest BCUT2D eigenvalue weighted by Gasteiger charge is 2.34. The Labute approximate surface area is 117 Å². The van der Waals surface area contributed by atoms with E-state index in [9.17, 15) is 4.79 Å². The summed E-state index contributed by atoms with van der Waals surface area (Å²) in [6.07, 6.45) is 4.04. The zero-order chi connectivity index (χ0) is 13.0. The maximum atomic E-state index is 11.9. The Morgan fingerprint density at radius 2 is 2.39 bits per heavy atom. The van der Waals surface area contributed by atoms with Crippen LogP contribution < -0.4 is 0 Å². The largest absolute Gasteiger partial charge is 0.463 e. The highest BCUT2D eigenvalue weighted by Crippen LogP contribution is 2.39. The van der Waals surface area contributed by atoms with Gasteiger partial charge in [-0.15, -0.1) is 11.8 Å². The zero-order valence-electron chi connectivity index (χ0n) is 10.8. The molecule has 100 valence electrons. The van der Waals surface area contributed by atoms with E-state index in [1.807, 2.05) is 28.8 Å². The van der Waals surface area contributed by atoms with E-state index in [2.05, 4.69) is 13.2 Å². The molecule has 1 fully saturated rings. The molecule has 1 aromatic rings. The van der Waals surface area contributed by atoms with Crippen molar-refractivity contribution < 1.29 is 9.21 Å². The summed E-state index contributed by atoms with van der Waals surface area (Å²) in [6, 6.07) is 4.02. The molecule has 1 aromatic heterocycles. The van der Waals surface area contributed by atoms with Crippen molar-refractivity contribution in [2.45, 2.75) is 25.1 Å². The number of carbonyl (C=O) groups is 1. The molecule has 0 radical (unpaired) electrons. The highest BCUT2D eigenvalue weighted by molar-refractivity contribution is 8.00. The van der Waals surface area contributed by atoms with Crippen LogP contribution in [0.1, 0.15) is 30.2 Å². The molecule has 1 unspecified atom stereocenters. The van der Waals surface area contributed by atoms with E-state index in [1.54, 1.807) is 11.8 Å². The fraction of sp³-hybridized carbons (Fsp3) is 0.615. The third kappa shape index (κ3) is 3.06. The van der Waals surface area contributed by atoms with Crippen molar-refractivity contribution in [3.8, 4) is 0 Å². The lowest BCUT2D eigenvalue weighted by atomic mass is 10.3. The van der Waals surface area contributed by atoms with Crippen LogP contribution in [0.5, 0.6) is 0 Å². The molecule has 0 N–H and O–H groups in total. The van der Waals surface area contributed by atoms with Crippen LogP contribution in [-0.2, 0) is 11.2 Å². The average Bonchev–Trinajstić information content (AvgIpc) is 2.97. The van der Waals surface area contributed by atoms with E-state index >= 15 is 0 Å². The Kier molecular flexibility index (Phi) is 5.06. The Morgan fingerprint density at radius 3 is 3.06 bits per heavy atom. The summed E-state index contributed by atoms with van der Waals surface area (Å²) in [4.78, 5) is 13.8. The highest BCUT2D eigenvalue weighted by atomic mass is 32.2. The van der Waals surface area contributed by atoms with Gasteiger partial charge in [0.15, 0.2) is 0 Å². The molecule has 0 aliphatic carbocycles. The number of hydrogen-bond donors (Lipinski definition) is 0. The molecule has 0 saturated carbocycles. The Bertz CT molecular complexity index is 405. The normalized spacial score (nSPS) is 19.8. The summed E-state index contributed by atoms with van der Waals surface area (Å²) in [6.45, 7) is 2.91. The van der Waals surface area contributed by atoms with Crippen molar-refractivity contribution in [1.82, 2.24) is 4.90 Å². The Hall–Kier alpha value is -0.550. The van der Waals surface area contributed by atoms with Gasteiger partial charge in [0.25, 0.3) is 0 Å². The number of hydrogen-bond acceptors (Lipinski definition) is 4. The van der Waals surface area contributed by atoms with Crippen LogP contribution in [0.25, 0.3) is 0 Å². The number of rotatable bonds is 6. The molecule has 1 atom stereocenters. The predicted octanol–water partition coefficient (Wildman–Crippen LogP) is 3.17. The maximum absolute atomic E-state index is 11.9. The van der Waals surface area contributed by atoms with Gasteiger partial charge >= 0.3 is 0 Å². The summed E-state index contributed by atoms with van der Waals surface area (Å²) < 4.78 is 5.78. The van der Waals surface area contributed by atoms with Crippen LogP contribution >= 0.6 is 23.5 Å². The molecule has 1 amide bonds. The van der Waals surface area contributed by atoms with Crippen LogP contribution in [0.15, 0.2) is 16.5 Å². The lowest BCUT2D eigenvalue weighted by Gasteiger charge is -2.22. The number of aryl methyl sites for hydroxylation is 1. The smallest absolute Gasteiger partial charge is 0.233 e. The fourth-order valence-corrected chi connectivity index (χ4v) is 3.61. The second-order valence-electron chi connectivity index (χ2n) is 4.25. The molecule has 0 aromatic carbocycles. The number of carbonyl (C=O) groups excluding carboxylic acids is 1. The first-order valence-electron chi connectivity index (χ1n) is 6.25. The Morgan fingerprint density at radius 1 is 1.56 bits per heavy atom. The standard InChI is InChI=1S/C13H19NO2S2/c1-3-10-5-6-11(16-10)13-14(7-4-8-17-2)12(15)9-18-13/h5-6,13H,3-4,7-9H2,1-2H3. The lowest BCUT2D eigenvalue weighted by molar-refractivity contribution is -0.128. The molecular weight excluding hydrogens is 266 g/mol. The van der Waals surface area contributed by atoms with Gasteiger partial charge in [-0.1, -0.05) is 6.92 Å². The van der Waals surface area contributed by atoms with E-state index < -0.39 is 0 Å². The topological polar surface area (TPSA) is 33.5 Å². The van der Waals surface area contributed by atoms with E-state index in [0.717, 1.165) is 36.7 Å². The molecule has 18 heavy (non-hydrogen) atoms. The molecule has 3 nitrogen and oxygen atoms in total. The number of nitrogens with zero attached hydrogens (tertiary/aromatic N) is 1. The summed E-state index contributed by atoms with van der Waals surface area (Å²) in [5.74, 6) is 3.83. The molecule has 1 aliphatic rings. The second-order valence-corrected chi connectivity index (χ2v) is 6.31. The number of thioether (sulfide) groups is 2. The van der Waals surface area contributed by atoms with Crippen molar-refractivity contribution >= 4 is 29.4 Å². The van der Waals surface area contributed by atoms with Crippen LogP contribution in [0.3, 0.4) is 0 Å². The fourth-order valence-electron chi connectivity index (χ4n) is 2.03. The van der Waals surface area contributed by atoms with Crippen LogP contribution in [0.2, 0.25) is 0 Å². The molecular formula is C13H19NO2S2. The average molecular weight is 285 g/mol. The van der Waals surface area contributed by atoms with Gasteiger partial charge in [-0.05, 0) is 30.6 Å². The van der Waals surface area contributed by atoms with Crippen molar-refractivity contribution in [2.24, 2.45) is 0 Å². The van der Waals surface area contributed by atoms with Gasteiger partial charge < -0.3 is 9.32 Å². The van der Waals surface area contributed by atoms with Gasteiger partial charge in [-0.25, -0.2) is 0 Å². The molecule has 1 saturated heterocycles. The minimum atomic E-state index is 0.0830. The second kappa shape index (κ2) is 6.57.